The smallest absolute Gasteiger partial charge is 0.315 e. The lowest BCUT2D eigenvalue weighted by Crippen LogP contribution is -2.06. The Morgan fingerprint density at radius 3 is 2.75 bits per heavy atom. The fourth-order valence-corrected chi connectivity index (χ4v) is 2.17. The SMILES string of the molecule is CCOC(=O)CSCc1ccc(Cl)c(Cl)c1. The van der Waals surface area contributed by atoms with E-state index in [0.29, 0.717) is 22.4 Å². The minimum absolute atomic E-state index is 0.187. The van der Waals surface area contributed by atoms with Crippen molar-refractivity contribution < 1.29 is 9.53 Å². The Kier molecular flexibility index (Phi) is 6.03. The average molecular weight is 279 g/mol. The van der Waals surface area contributed by atoms with Crippen LogP contribution in [0.3, 0.4) is 0 Å². The lowest BCUT2D eigenvalue weighted by atomic mass is 10.2. The molecule has 2 nitrogen and oxygen atoms in total. The molecule has 0 atom stereocenters. The van der Waals surface area contributed by atoms with Crippen LogP contribution >= 0.6 is 35.0 Å². The molecule has 1 aromatic rings. The average Bonchev–Trinajstić information content (AvgIpc) is 2.24. The van der Waals surface area contributed by atoms with Gasteiger partial charge in [0.1, 0.15) is 0 Å². The summed E-state index contributed by atoms with van der Waals surface area (Å²) >= 11 is 13.2. The molecular weight excluding hydrogens is 267 g/mol. The third-order valence-corrected chi connectivity index (χ3v) is 3.49. The van der Waals surface area contributed by atoms with Crippen molar-refractivity contribution in [3.05, 3.63) is 33.8 Å². The molecule has 0 N–H and O–H groups in total. The molecular formula is C11H12Cl2O2S. The molecule has 0 amide bonds. The van der Waals surface area contributed by atoms with Gasteiger partial charge >= 0.3 is 5.97 Å². The zero-order valence-corrected chi connectivity index (χ0v) is 11.2. The standard InChI is InChI=1S/C11H12Cl2O2S/c1-2-15-11(14)7-16-6-8-3-4-9(12)10(13)5-8/h3-5H,2,6-7H2,1H3. The van der Waals surface area contributed by atoms with E-state index in [9.17, 15) is 4.79 Å². The van der Waals surface area contributed by atoms with Gasteiger partial charge in [-0.25, -0.2) is 0 Å². The molecule has 0 fully saturated rings. The number of benzene rings is 1. The number of ether oxygens (including phenoxy) is 1. The molecule has 0 saturated carbocycles. The minimum atomic E-state index is -0.187. The first-order valence-corrected chi connectivity index (χ1v) is 6.72. The largest absolute Gasteiger partial charge is 0.465 e. The molecule has 1 aromatic carbocycles. The van der Waals surface area contributed by atoms with E-state index >= 15 is 0 Å². The van der Waals surface area contributed by atoms with E-state index in [2.05, 4.69) is 0 Å². The fourth-order valence-electron chi connectivity index (χ4n) is 1.08. The van der Waals surface area contributed by atoms with Crippen LogP contribution in [0.1, 0.15) is 12.5 Å². The third kappa shape index (κ3) is 4.64. The number of carbonyl (C=O) groups is 1. The van der Waals surface area contributed by atoms with Gasteiger partial charge in [-0.1, -0.05) is 29.3 Å². The van der Waals surface area contributed by atoms with Gasteiger partial charge in [-0.05, 0) is 24.6 Å². The van der Waals surface area contributed by atoms with Crippen molar-refractivity contribution in [1.82, 2.24) is 0 Å². The van der Waals surface area contributed by atoms with Crippen LogP contribution in [0.4, 0.5) is 0 Å². The van der Waals surface area contributed by atoms with Crippen molar-refractivity contribution in [3.8, 4) is 0 Å². The second-order valence-corrected chi connectivity index (χ2v) is 4.85. The lowest BCUT2D eigenvalue weighted by molar-refractivity contribution is -0.139. The number of hydrogen-bond donors (Lipinski definition) is 0. The van der Waals surface area contributed by atoms with E-state index in [1.54, 1.807) is 13.0 Å². The summed E-state index contributed by atoms with van der Waals surface area (Å²) < 4.78 is 4.82. The molecule has 5 heteroatoms. The van der Waals surface area contributed by atoms with Crippen LogP contribution in [0.15, 0.2) is 18.2 Å². The fraction of sp³-hybridized carbons (Fsp3) is 0.364. The minimum Gasteiger partial charge on any atom is -0.465 e. The maximum atomic E-state index is 11.1. The summed E-state index contributed by atoms with van der Waals surface area (Å²) in [6.07, 6.45) is 0. The molecule has 0 radical (unpaired) electrons. The molecule has 0 saturated heterocycles. The van der Waals surface area contributed by atoms with Crippen LogP contribution in [0, 0.1) is 0 Å². The number of rotatable bonds is 5. The van der Waals surface area contributed by atoms with Gasteiger partial charge in [0.15, 0.2) is 0 Å². The van der Waals surface area contributed by atoms with Crippen LogP contribution < -0.4 is 0 Å². The molecule has 0 aromatic heterocycles. The number of esters is 1. The normalized spacial score (nSPS) is 10.2. The van der Waals surface area contributed by atoms with Crippen molar-refractivity contribution in [2.24, 2.45) is 0 Å². The zero-order valence-electron chi connectivity index (χ0n) is 8.83. The van der Waals surface area contributed by atoms with Gasteiger partial charge < -0.3 is 4.74 Å². The van der Waals surface area contributed by atoms with Crippen LogP contribution in [0.2, 0.25) is 10.0 Å². The Morgan fingerprint density at radius 2 is 2.12 bits per heavy atom. The van der Waals surface area contributed by atoms with Gasteiger partial charge in [0.2, 0.25) is 0 Å². The molecule has 0 heterocycles. The van der Waals surface area contributed by atoms with Crippen molar-refractivity contribution in [1.29, 1.82) is 0 Å². The molecule has 88 valence electrons. The molecule has 0 bridgehead atoms. The van der Waals surface area contributed by atoms with Crippen LogP contribution in [0.25, 0.3) is 0 Å². The summed E-state index contributed by atoms with van der Waals surface area (Å²) in [4.78, 5) is 11.1. The van der Waals surface area contributed by atoms with Gasteiger partial charge in [0, 0.05) is 5.75 Å². The Balaban J connectivity index is 2.37. The van der Waals surface area contributed by atoms with Crippen molar-refractivity contribution in [2.75, 3.05) is 12.4 Å². The first kappa shape index (κ1) is 13.7. The second kappa shape index (κ2) is 7.05. The van der Waals surface area contributed by atoms with E-state index in [0.717, 1.165) is 11.3 Å². The van der Waals surface area contributed by atoms with Crippen LogP contribution in [-0.2, 0) is 15.3 Å². The van der Waals surface area contributed by atoms with E-state index < -0.39 is 0 Å². The first-order chi connectivity index (χ1) is 7.63. The topological polar surface area (TPSA) is 26.3 Å². The van der Waals surface area contributed by atoms with Crippen molar-refractivity contribution in [2.45, 2.75) is 12.7 Å². The number of halogens is 2. The molecule has 1 rings (SSSR count). The predicted molar refractivity (Wildman–Crippen MR) is 69.3 cm³/mol. The maximum Gasteiger partial charge on any atom is 0.315 e. The Bertz CT molecular complexity index is 369. The summed E-state index contributed by atoms with van der Waals surface area (Å²) in [5.74, 6) is 0.886. The monoisotopic (exact) mass is 278 g/mol. The summed E-state index contributed by atoms with van der Waals surface area (Å²) in [5, 5.41) is 1.08. The van der Waals surface area contributed by atoms with Gasteiger partial charge in [-0.2, -0.15) is 0 Å². The molecule has 0 aliphatic carbocycles. The van der Waals surface area contributed by atoms with E-state index in [1.165, 1.54) is 11.8 Å². The predicted octanol–water partition coefficient (Wildman–Crippen LogP) is 3.79. The Hall–Kier alpha value is -0.380. The maximum absolute atomic E-state index is 11.1. The van der Waals surface area contributed by atoms with Gasteiger partial charge in [-0.3, -0.25) is 4.79 Å². The van der Waals surface area contributed by atoms with E-state index in [1.807, 2.05) is 12.1 Å². The zero-order chi connectivity index (χ0) is 12.0. The third-order valence-electron chi connectivity index (χ3n) is 1.78. The van der Waals surface area contributed by atoms with Crippen LogP contribution in [0.5, 0.6) is 0 Å². The van der Waals surface area contributed by atoms with Crippen molar-refractivity contribution >= 4 is 40.9 Å². The van der Waals surface area contributed by atoms with Gasteiger partial charge in [0.25, 0.3) is 0 Å². The lowest BCUT2D eigenvalue weighted by Gasteiger charge is -2.03. The van der Waals surface area contributed by atoms with Crippen molar-refractivity contribution in [3.63, 3.8) is 0 Å². The quantitative estimate of drug-likeness (QED) is 0.767. The van der Waals surface area contributed by atoms with Gasteiger partial charge in [0.05, 0.1) is 22.4 Å². The Morgan fingerprint density at radius 1 is 1.38 bits per heavy atom. The number of thioether (sulfide) groups is 1. The van der Waals surface area contributed by atoms with E-state index in [4.69, 9.17) is 27.9 Å². The second-order valence-electron chi connectivity index (χ2n) is 3.05. The van der Waals surface area contributed by atoms with Crippen LogP contribution in [-0.4, -0.2) is 18.3 Å². The molecule has 0 aliphatic heterocycles. The van der Waals surface area contributed by atoms with Gasteiger partial charge in [-0.15, -0.1) is 11.8 Å². The molecule has 0 aliphatic rings. The Labute approximate surface area is 109 Å². The highest BCUT2D eigenvalue weighted by Crippen LogP contribution is 2.24. The molecule has 0 spiro atoms. The highest BCUT2D eigenvalue weighted by atomic mass is 35.5. The van der Waals surface area contributed by atoms with E-state index in [-0.39, 0.29) is 5.97 Å². The molecule has 0 unspecified atom stereocenters. The number of carbonyl (C=O) groups excluding carboxylic acids is 1. The number of hydrogen-bond acceptors (Lipinski definition) is 3. The highest BCUT2D eigenvalue weighted by molar-refractivity contribution is 7.99. The first-order valence-electron chi connectivity index (χ1n) is 4.80. The summed E-state index contributed by atoms with van der Waals surface area (Å²) in [7, 11) is 0. The summed E-state index contributed by atoms with van der Waals surface area (Å²) in [6.45, 7) is 2.22. The summed E-state index contributed by atoms with van der Waals surface area (Å²) in [5.41, 5.74) is 1.05. The summed E-state index contributed by atoms with van der Waals surface area (Å²) in [6, 6.07) is 5.46. The highest BCUT2D eigenvalue weighted by Gasteiger charge is 2.03. The molecule has 16 heavy (non-hydrogen) atoms.